The highest BCUT2D eigenvalue weighted by Crippen LogP contribution is 2.41. The van der Waals surface area contributed by atoms with Crippen LogP contribution in [0.25, 0.3) is 0 Å². The SMILES string of the molecule is CC(=O)Oc1ccc(C(=O)CO/N=C(\C(=O)N[C@@H]2C(=O)N3C(C(=O)O)=C(CSc4nnnn4C)CS[C@H]23)c2coc(N)n2)cc1OC(C)=O. The average molecular weight is 716 g/mol. The number of aromatic nitrogens is 5. The molecule has 2 amide bonds. The Morgan fingerprint density at radius 2 is 1.92 bits per heavy atom. The van der Waals surface area contributed by atoms with Crippen LogP contribution < -0.4 is 20.5 Å². The number of amides is 2. The van der Waals surface area contributed by atoms with Gasteiger partial charge in [0.05, 0.1) is 0 Å². The number of oxazole rings is 1. The Balaban J connectivity index is 1.29. The molecule has 0 spiro atoms. The summed E-state index contributed by atoms with van der Waals surface area (Å²) in [5, 5.41) is 27.1. The monoisotopic (exact) mass is 715 g/mol. The summed E-state index contributed by atoms with van der Waals surface area (Å²) in [6, 6.07) is 2.24. The van der Waals surface area contributed by atoms with Crippen molar-refractivity contribution in [3.05, 3.63) is 47.0 Å². The minimum absolute atomic E-state index is 0.0122. The number of carbonyl (C=O) groups is 6. The van der Waals surface area contributed by atoms with Crippen LogP contribution in [-0.2, 0) is 35.9 Å². The summed E-state index contributed by atoms with van der Waals surface area (Å²) in [6.45, 7) is 1.54. The fraction of sp³-hybridized carbons (Fsp3) is 0.296. The normalized spacial score (nSPS) is 17.2. The Hall–Kier alpha value is -5.77. The number of fused-ring (bicyclic) bond motifs is 1. The number of Topliss-reactive ketones (excluding diaryl/α,β-unsaturated/α-hetero) is 1. The largest absolute Gasteiger partial charge is 0.477 e. The summed E-state index contributed by atoms with van der Waals surface area (Å²) in [6.07, 6.45) is 1.00. The van der Waals surface area contributed by atoms with Crippen LogP contribution in [0.4, 0.5) is 6.01 Å². The quantitative estimate of drug-likeness (QED) is 0.0392. The number of carboxylic acid groups (broad SMARTS) is 1. The third-order valence-electron chi connectivity index (χ3n) is 6.60. The number of oxime groups is 1. The lowest BCUT2D eigenvalue weighted by Gasteiger charge is -2.49. The number of anilines is 1. The average Bonchev–Trinajstić information content (AvgIpc) is 3.67. The Kier molecular flexibility index (Phi) is 10.3. The number of nitrogens with one attached hydrogen (secondary N) is 1. The molecule has 1 aromatic carbocycles. The molecule has 49 heavy (non-hydrogen) atoms. The van der Waals surface area contributed by atoms with E-state index < -0.39 is 59.2 Å². The first kappa shape index (κ1) is 34.6. The Bertz CT molecular complexity index is 1920. The Labute approximate surface area is 283 Å². The van der Waals surface area contributed by atoms with Crippen molar-refractivity contribution in [2.75, 3.05) is 23.8 Å². The van der Waals surface area contributed by atoms with Crippen LogP contribution in [0.1, 0.15) is 29.9 Å². The van der Waals surface area contributed by atoms with Crippen molar-refractivity contribution in [2.45, 2.75) is 30.4 Å². The minimum atomic E-state index is -1.31. The zero-order valence-electron chi connectivity index (χ0n) is 25.6. The van der Waals surface area contributed by atoms with Crippen LogP contribution >= 0.6 is 23.5 Å². The highest BCUT2D eigenvalue weighted by atomic mass is 32.2. The Morgan fingerprint density at radius 3 is 2.55 bits per heavy atom. The van der Waals surface area contributed by atoms with E-state index in [2.05, 4.69) is 31.0 Å². The molecule has 22 heteroatoms. The summed E-state index contributed by atoms with van der Waals surface area (Å²) < 4.78 is 16.4. The van der Waals surface area contributed by atoms with Crippen LogP contribution in [-0.4, -0.2) is 106 Å². The number of aryl methyl sites for hydroxylation is 1. The van der Waals surface area contributed by atoms with E-state index in [1.165, 1.54) is 40.3 Å². The molecule has 20 nitrogen and oxygen atoms in total. The molecule has 0 bridgehead atoms. The molecular formula is C27H25N9O11S2. The molecule has 256 valence electrons. The molecule has 1 fully saturated rings. The topological polar surface area (TPSA) is 274 Å². The second kappa shape index (κ2) is 14.6. The number of nitrogens with zero attached hydrogens (tertiary/aromatic N) is 7. The number of hydrogen-bond donors (Lipinski definition) is 3. The number of nitrogens with two attached hydrogens (primary N) is 1. The molecule has 3 aromatic rings. The number of carbonyl (C=O) groups excluding carboxylic acids is 5. The van der Waals surface area contributed by atoms with E-state index in [1.807, 2.05) is 0 Å². The predicted octanol–water partition coefficient (Wildman–Crippen LogP) is -0.235. The minimum Gasteiger partial charge on any atom is -0.477 e. The molecule has 2 atom stereocenters. The molecule has 0 aliphatic carbocycles. The second-order valence-electron chi connectivity index (χ2n) is 10.0. The van der Waals surface area contributed by atoms with Gasteiger partial charge in [0.15, 0.2) is 23.8 Å². The summed E-state index contributed by atoms with van der Waals surface area (Å²) in [5.74, 6) is -4.87. The van der Waals surface area contributed by atoms with Gasteiger partial charge in [-0.05, 0) is 34.2 Å². The maximum absolute atomic E-state index is 13.4. The molecule has 4 heterocycles. The third kappa shape index (κ3) is 7.70. The van der Waals surface area contributed by atoms with Gasteiger partial charge in [0.25, 0.3) is 17.8 Å². The lowest BCUT2D eigenvalue weighted by Crippen LogP contribution is -2.71. The van der Waals surface area contributed by atoms with E-state index >= 15 is 0 Å². The maximum Gasteiger partial charge on any atom is 0.352 e. The number of esters is 2. The molecular weight excluding hydrogens is 690 g/mol. The van der Waals surface area contributed by atoms with E-state index in [0.717, 1.165) is 31.1 Å². The lowest BCUT2D eigenvalue weighted by molar-refractivity contribution is -0.150. The number of hydrogen-bond acceptors (Lipinski definition) is 18. The number of thioether (sulfide) groups is 2. The van der Waals surface area contributed by atoms with Crippen LogP contribution in [0.2, 0.25) is 0 Å². The number of rotatable bonds is 13. The molecule has 2 aliphatic heterocycles. The first-order chi connectivity index (χ1) is 23.3. The van der Waals surface area contributed by atoms with Gasteiger partial charge in [-0.1, -0.05) is 16.9 Å². The molecule has 5 rings (SSSR count). The summed E-state index contributed by atoms with van der Waals surface area (Å²) in [7, 11) is 1.63. The number of aliphatic carboxylic acids is 1. The van der Waals surface area contributed by atoms with Crippen molar-refractivity contribution in [1.82, 2.24) is 35.4 Å². The molecule has 1 saturated heterocycles. The van der Waals surface area contributed by atoms with Gasteiger partial charge in [-0.15, -0.1) is 16.9 Å². The van der Waals surface area contributed by atoms with Gasteiger partial charge < -0.3 is 34.9 Å². The summed E-state index contributed by atoms with van der Waals surface area (Å²) in [4.78, 5) is 84.7. The predicted molar refractivity (Wildman–Crippen MR) is 166 cm³/mol. The van der Waals surface area contributed by atoms with Gasteiger partial charge in [0.1, 0.15) is 29.1 Å². The van der Waals surface area contributed by atoms with Crippen LogP contribution in [0, 0.1) is 0 Å². The number of nitrogen functional groups attached to an aromatic ring is 1. The van der Waals surface area contributed by atoms with E-state index in [1.54, 1.807) is 7.05 Å². The number of ether oxygens (including phenoxy) is 2. The summed E-state index contributed by atoms with van der Waals surface area (Å²) >= 11 is 2.45. The van der Waals surface area contributed by atoms with Crippen LogP contribution in [0.3, 0.4) is 0 Å². The Morgan fingerprint density at radius 1 is 1.18 bits per heavy atom. The van der Waals surface area contributed by atoms with Crippen LogP contribution in [0.5, 0.6) is 11.5 Å². The smallest absolute Gasteiger partial charge is 0.352 e. The van der Waals surface area contributed by atoms with E-state index in [-0.39, 0.29) is 46.0 Å². The van der Waals surface area contributed by atoms with Gasteiger partial charge in [-0.25, -0.2) is 9.48 Å². The van der Waals surface area contributed by atoms with E-state index in [4.69, 9.17) is 24.5 Å². The van der Waals surface area contributed by atoms with Crippen molar-refractivity contribution in [1.29, 1.82) is 0 Å². The molecule has 4 N–H and O–H groups in total. The van der Waals surface area contributed by atoms with Crippen molar-refractivity contribution >= 4 is 70.8 Å². The van der Waals surface area contributed by atoms with E-state index in [0.29, 0.717) is 10.7 Å². The van der Waals surface area contributed by atoms with Crippen molar-refractivity contribution in [3.8, 4) is 11.5 Å². The second-order valence-corrected chi connectivity index (χ2v) is 12.1. The summed E-state index contributed by atoms with van der Waals surface area (Å²) in [5.41, 5.74) is 5.14. The van der Waals surface area contributed by atoms with Crippen molar-refractivity contribution in [3.63, 3.8) is 0 Å². The van der Waals surface area contributed by atoms with Gasteiger partial charge in [-0.3, -0.25) is 28.9 Å². The maximum atomic E-state index is 13.4. The number of carboxylic acids is 1. The van der Waals surface area contributed by atoms with Gasteiger partial charge in [0.2, 0.25) is 10.9 Å². The molecule has 2 aliphatic rings. The fourth-order valence-electron chi connectivity index (χ4n) is 4.49. The van der Waals surface area contributed by atoms with Crippen molar-refractivity contribution < 1.29 is 52.6 Å². The zero-order valence-corrected chi connectivity index (χ0v) is 27.3. The molecule has 2 aromatic heterocycles. The number of ketones is 1. The molecule has 0 saturated carbocycles. The van der Waals surface area contributed by atoms with Gasteiger partial charge in [0, 0.05) is 38.0 Å². The number of β-lactam (4-membered cyclic amide) rings is 1. The van der Waals surface area contributed by atoms with E-state index in [9.17, 15) is 33.9 Å². The number of tetrazole rings is 1. The molecule has 0 radical (unpaired) electrons. The van der Waals surface area contributed by atoms with Gasteiger partial charge >= 0.3 is 17.9 Å². The van der Waals surface area contributed by atoms with Crippen LogP contribution in [0.15, 0.2) is 50.5 Å². The highest BCUT2D eigenvalue weighted by Gasteiger charge is 2.54. The first-order valence-electron chi connectivity index (χ1n) is 13.9. The third-order valence-corrected chi connectivity index (χ3v) is 9.03. The first-order valence-corrected chi connectivity index (χ1v) is 15.9. The fourth-order valence-corrected chi connectivity index (χ4v) is 6.83. The molecule has 0 unspecified atom stereocenters. The number of benzene rings is 1. The standard InChI is InChI=1S/C27H25N9O11S2/c1-11(37)46-17-5-4-13(6-18(17)47-12(2)38)16(39)8-45-32-19(15-7-44-26(28)29-15)22(40)30-20-23(41)36-21(25(42)43)14(9-48-24(20)36)10-49-27-31-33-34-35(27)3/h4-7,20,24H,8-10H2,1-3H3,(H2,28,29)(H,30,40)(H,42,43)/b32-19-/t20-,24-/m1/s1. The lowest BCUT2D eigenvalue weighted by atomic mass is 10.0. The van der Waals surface area contributed by atoms with Gasteiger partial charge in [-0.2, -0.15) is 4.98 Å². The zero-order chi connectivity index (χ0) is 35.4. The highest BCUT2D eigenvalue weighted by molar-refractivity contribution is 8.01. The van der Waals surface area contributed by atoms with Crippen molar-refractivity contribution in [2.24, 2.45) is 12.2 Å².